The van der Waals surface area contributed by atoms with E-state index >= 15 is 0 Å². The second-order valence-corrected chi connectivity index (χ2v) is 4.19. The van der Waals surface area contributed by atoms with Crippen LogP contribution in [0.4, 0.5) is 16.2 Å². The number of amides is 1. The van der Waals surface area contributed by atoms with Crippen LogP contribution >= 0.6 is 0 Å². The number of carbonyl (C=O) groups is 1. The maximum absolute atomic E-state index is 13.4. The summed E-state index contributed by atoms with van der Waals surface area (Å²) in [5.74, 6) is 4.02. The number of nitrogens with two attached hydrogens (primary N) is 2. The molecule has 0 aliphatic carbocycles. The number of nitrogen functional groups attached to an aromatic ring is 1. The van der Waals surface area contributed by atoms with Gasteiger partial charge >= 0.3 is 0 Å². The molecule has 1 heterocycles. The minimum Gasteiger partial charge on any atom is -0.370 e. The molecule has 6 N–H and O–H groups in total. The molecule has 0 radical (unpaired) electrons. The zero-order chi connectivity index (χ0) is 13.1. The first-order chi connectivity index (χ1) is 7.84. The summed E-state index contributed by atoms with van der Waals surface area (Å²) in [6, 6.07) is 0. The Kier molecular flexibility index (Phi) is 3.79. The highest BCUT2D eigenvalue weighted by Crippen LogP contribution is 2.19. The maximum Gasteiger partial charge on any atom is 0.239 e. The highest BCUT2D eigenvalue weighted by atomic mass is 19.1. The lowest BCUT2D eigenvalue weighted by Gasteiger charge is -2.25. The third-order valence-electron chi connectivity index (χ3n) is 1.95. The molecule has 0 saturated carbocycles. The van der Waals surface area contributed by atoms with Gasteiger partial charge in [0, 0.05) is 12.0 Å². The monoisotopic (exact) mass is 242 g/mol. The number of rotatable bonds is 5. The first-order valence-corrected chi connectivity index (χ1v) is 4.90. The largest absolute Gasteiger partial charge is 0.370 e. The van der Waals surface area contributed by atoms with Gasteiger partial charge in [-0.2, -0.15) is 4.98 Å². The molecule has 17 heavy (non-hydrogen) atoms. The molecule has 8 heteroatoms. The number of hydrogen-bond acceptors (Lipinski definition) is 6. The SMILES string of the molecule is CC(C)(CC(N)=O)Nc1nc(NN)ncc1F. The molecule has 0 atom stereocenters. The quantitative estimate of drug-likeness (QED) is 0.425. The summed E-state index contributed by atoms with van der Waals surface area (Å²) in [7, 11) is 0. The fourth-order valence-corrected chi connectivity index (χ4v) is 1.32. The van der Waals surface area contributed by atoms with Gasteiger partial charge in [-0.25, -0.2) is 15.2 Å². The normalized spacial score (nSPS) is 11.1. The molecule has 0 aliphatic rings. The second-order valence-electron chi connectivity index (χ2n) is 4.19. The van der Waals surface area contributed by atoms with Crippen LogP contribution in [0.15, 0.2) is 6.20 Å². The standard InChI is InChI=1S/C9H15FN6O/c1-9(2,3-6(11)17)15-7-5(10)4-13-8(14-7)16-12/h4H,3,12H2,1-2H3,(H2,11,17)(H2,13,14,15,16). The summed E-state index contributed by atoms with van der Waals surface area (Å²) in [5.41, 5.74) is 6.57. The molecule has 0 unspecified atom stereocenters. The molecular weight excluding hydrogens is 227 g/mol. The predicted molar refractivity (Wildman–Crippen MR) is 61.3 cm³/mol. The van der Waals surface area contributed by atoms with E-state index in [9.17, 15) is 9.18 Å². The minimum atomic E-state index is -0.715. The summed E-state index contributed by atoms with van der Waals surface area (Å²) in [6.45, 7) is 3.41. The maximum atomic E-state index is 13.4. The Hall–Kier alpha value is -1.96. The molecule has 0 fully saturated rings. The first kappa shape index (κ1) is 13.1. The minimum absolute atomic E-state index is 0.0424. The van der Waals surface area contributed by atoms with E-state index in [4.69, 9.17) is 11.6 Å². The number of primary amides is 1. The molecule has 94 valence electrons. The van der Waals surface area contributed by atoms with E-state index in [2.05, 4.69) is 20.7 Å². The number of nitrogens with one attached hydrogen (secondary N) is 2. The van der Waals surface area contributed by atoms with Crippen LogP contribution in [0.25, 0.3) is 0 Å². The Morgan fingerprint density at radius 2 is 2.24 bits per heavy atom. The lowest BCUT2D eigenvalue weighted by atomic mass is 10.0. The van der Waals surface area contributed by atoms with Crippen LogP contribution in [0.2, 0.25) is 0 Å². The van der Waals surface area contributed by atoms with E-state index in [0.29, 0.717) is 0 Å². The number of anilines is 2. The number of carbonyl (C=O) groups excluding carboxylic acids is 1. The van der Waals surface area contributed by atoms with Crippen molar-refractivity contribution in [2.24, 2.45) is 11.6 Å². The van der Waals surface area contributed by atoms with Gasteiger partial charge in [0.25, 0.3) is 0 Å². The smallest absolute Gasteiger partial charge is 0.239 e. The molecule has 0 bridgehead atoms. The van der Waals surface area contributed by atoms with Gasteiger partial charge in [0.05, 0.1) is 6.20 Å². The molecule has 1 rings (SSSR count). The van der Waals surface area contributed by atoms with Crippen molar-refractivity contribution < 1.29 is 9.18 Å². The van der Waals surface area contributed by atoms with Gasteiger partial charge in [-0.05, 0) is 13.8 Å². The van der Waals surface area contributed by atoms with Gasteiger partial charge in [0.1, 0.15) is 0 Å². The van der Waals surface area contributed by atoms with Crippen molar-refractivity contribution in [1.82, 2.24) is 9.97 Å². The summed E-state index contributed by atoms with van der Waals surface area (Å²) in [5, 5.41) is 2.77. The van der Waals surface area contributed by atoms with Crippen LogP contribution in [0, 0.1) is 5.82 Å². The van der Waals surface area contributed by atoms with E-state index in [1.165, 1.54) is 0 Å². The summed E-state index contributed by atoms with van der Waals surface area (Å²) >= 11 is 0. The highest BCUT2D eigenvalue weighted by molar-refractivity contribution is 5.75. The Bertz CT molecular complexity index is 422. The van der Waals surface area contributed by atoms with Crippen LogP contribution in [0.1, 0.15) is 20.3 Å². The van der Waals surface area contributed by atoms with Gasteiger partial charge in [-0.15, -0.1) is 0 Å². The Labute approximate surface area is 97.8 Å². The van der Waals surface area contributed by atoms with Crippen molar-refractivity contribution >= 4 is 17.7 Å². The van der Waals surface area contributed by atoms with E-state index < -0.39 is 17.3 Å². The second kappa shape index (κ2) is 4.91. The Morgan fingerprint density at radius 1 is 1.59 bits per heavy atom. The molecule has 0 spiro atoms. The Balaban J connectivity index is 2.89. The average Bonchev–Trinajstić information content (AvgIpc) is 2.19. The third kappa shape index (κ3) is 3.83. The van der Waals surface area contributed by atoms with Gasteiger partial charge in [-0.1, -0.05) is 0 Å². The fraction of sp³-hybridized carbons (Fsp3) is 0.444. The number of hydrogen-bond donors (Lipinski definition) is 4. The van der Waals surface area contributed by atoms with Crippen molar-refractivity contribution in [3.05, 3.63) is 12.0 Å². The molecule has 0 aromatic carbocycles. The number of aromatic nitrogens is 2. The van der Waals surface area contributed by atoms with Crippen molar-refractivity contribution in [3.63, 3.8) is 0 Å². The lowest BCUT2D eigenvalue weighted by molar-refractivity contribution is -0.118. The number of hydrazine groups is 1. The fourth-order valence-electron chi connectivity index (χ4n) is 1.32. The first-order valence-electron chi connectivity index (χ1n) is 4.90. The molecule has 0 aliphatic heterocycles. The predicted octanol–water partition coefficient (Wildman–Crippen LogP) is -0.0328. The van der Waals surface area contributed by atoms with E-state index in [1.54, 1.807) is 13.8 Å². The van der Waals surface area contributed by atoms with Crippen LogP contribution < -0.4 is 22.3 Å². The molecule has 7 nitrogen and oxygen atoms in total. The van der Waals surface area contributed by atoms with E-state index in [1.807, 2.05) is 0 Å². The van der Waals surface area contributed by atoms with Crippen molar-refractivity contribution in [2.45, 2.75) is 25.8 Å². The van der Waals surface area contributed by atoms with Gasteiger partial charge in [-0.3, -0.25) is 10.2 Å². The van der Waals surface area contributed by atoms with Gasteiger partial charge in [0.15, 0.2) is 11.6 Å². The van der Waals surface area contributed by atoms with Gasteiger partial charge < -0.3 is 11.1 Å². The van der Waals surface area contributed by atoms with Crippen LogP contribution in [-0.4, -0.2) is 21.4 Å². The summed E-state index contributed by atoms with van der Waals surface area (Å²) in [4.78, 5) is 18.2. The van der Waals surface area contributed by atoms with E-state index in [-0.39, 0.29) is 18.2 Å². The van der Waals surface area contributed by atoms with Gasteiger partial charge in [0.2, 0.25) is 11.9 Å². The van der Waals surface area contributed by atoms with E-state index in [0.717, 1.165) is 6.20 Å². The third-order valence-corrected chi connectivity index (χ3v) is 1.95. The average molecular weight is 242 g/mol. The molecule has 1 aromatic heterocycles. The van der Waals surface area contributed by atoms with Crippen molar-refractivity contribution in [1.29, 1.82) is 0 Å². The van der Waals surface area contributed by atoms with Crippen LogP contribution in [-0.2, 0) is 4.79 Å². The zero-order valence-electron chi connectivity index (χ0n) is 9.62. The van der Waals surface area contributed by atoms with Crippen LogP contribution in [0.3, 0.4) is 0 Å². The summed E-state index contributed by atoms with van der Waals surface area (Å²) < 4.78 is 13.4. The topological polar surface area (TPSA) is 119 Å². The summed E-state index contributed by atoms with van der Waals surface area (Å²) in [6.07, 6.45) is 1.02. The lowest BCUT2D eigenvalue weighted by Crippen LogP contribution is -2.36. The zero-order valence-corrected chi connectivity index (χ0v) is 9.62. The number of nitrogens with zero attached hydrogens (tertiary/aromatic N) is 2. The Morgan fingerprint density at radius 3 is 2.76 bits per heavy atom. The van der Waals surface area contributed by atoms with Crippen LogP contribution in [0.5, 0.6) is 0 Å². The molecule has 1 amide bonds. The molecule has 0 saturated heterocycles. The van der Waals surface area contributed by atoms with Crippen molar-refractivity contribution in [2.75, 3.05) is 10.7 Å². The molecular formula is C9H15FN6O. The molecule has 1 aromatic rings. The number of halogens is 1. The van der Waals surface area contributed by atoms with Crippen molar-refractivity contribution in [3.8, 4) is 0 Å². The highest BCUT2D eigenvalue weighted by Gasteiger charge is 2.22.